The Morgan fingerprint density at radius 3 is 2.57 bits per heavy atom. The fraction of sp³-hybridized carbons (Fsp3) is 0.241. The van der Waals surface area contributed by atoms with Crippen molar-refractivity contribution in [3.8, 4) is 0 Å². The van der Waals surface area contributed by atoms with Crippen molar-refractivity contribution in [3.05, 3.63) is 101 Å². The van der Waals surface area contributed by atoms with E-state index in [1.807, 2.05) is 35.3 Å². The van der Waals surface area contributed by atoms with Gasteiger partial charge in [0.15, 0.2) is 5.17 Å². The fourth-order valence-electron chi connectivity index (χ4n) is 4.38. The van der Waals surface area contributed by atoms with Crippen molar-refractivity contribution in [3.63, 3.8) is 0 Å². The molecule has 0 aromatic heterocycles. The topological polar surface area (TPSA) is 74.1 Å². The molecule has 0 aliphatic carbocycles. The molecule has 0 bridgehead atoms. The van der Waals surface area contributed by atoms with Crippen LogP contribution in [0.3, 0.4) is 0 Å². The van der Waals surface area contributed by atoms with E-state index >= 15 is 0 Å². The number of carbonyl (C=O) groups excluding carboxylic acids is 2. The molecule has 5 rings (SSSR count). The van der Waals surface area contributed by atoms with Gasteiger partial charge in [-0.3, -0.25) is 9.59 Å². The number of benzene rings is 3. The number of amidine groups is 1. The molecule has 0 radical (unpaired) electrons. The summed E-state index contributed by atoms with van der Waals surface area (Å²) < 4.78 is 13.8. The summed E-state index contributed by atoms with van der Waals surface area (Å²) in [5, 5.41) is 9.20. The second-order valence-electron chi connectivity index (χ2n) is 9.13. The lowest BCUT2D eigenvalue weighted by Gasteiger charge is -2.23. The highest BCUT2D eigenvalue weighted by atomic mass is 32.2. The van der Waals surface area contributed by atoms with Crippen LogP contribution in [0.1, 0.15) is 48.1 Å². The predicted octanol–water partition coefficient (Wildman–Crippen LogP) is 5.87. The van der Waals surface area contributed by atoms with Crippen molar-refractivity contribution in [2.24, 2.45) is 10.1 Å². The molecule has 3 aromatic rings. The van der Waals surface area contributed by atoms with E-state index in [4.69, 9.17) is 5.10 Å². The molecule has 0 saturated heterocycles. The summed E-state index contributed by atoms with van der Waals surface area (Å²) in [5.41, 5.74) is 5.14. The van der Waals surface area contributed by atoms with Crippen molar-refractivity contribution >= 4 is 40.1 Å². The van der Waals surface area contributed by atoms with E-state index in [0.29, 0.717) is 22.8 Å². The monoisotopic (exact) mass is 514 g/mol. The molecule has 1 N–H and O–H groups in total. The van der Waals surface area contributed by atoms with Gasteiger partial charge in [0.05, 0.1) is 11.8 Å². The van der Waals surface area contributed by atoms with E-state index in [2.05, 4.69) is 41.5 Å². The Labute approximate surface area is 219 Å². The van der Waals surface area contributed by atoms with Gasteiger partial charge in [-0.15, -0.1) is 0 Å². The number of nitrogens with one attached hydrogen (secondary N) is 1. The molecule has 0 saturated carbocycles. The number of thioether (sulfide) groups is 1. The van der Waals surface area contributed by atoms with E-state index in [9.17, 15) is 14.0 Å². The molecule has 6 nitrogen and oxygen atoms in total. The van der Waals surface area contributed by atoms with Crippen LogP contribution in [0.25, 0.3) is 0 Å². The minimum atomic E-state index is -0.663. The lowest BCUT2D eigenvalue weighted by molar-refractivity contribution is -0.121. The first kappa shape index (κ1) is 24.9. The highest BCUT2D eigenvalue weighted by Gasteiger charge is 2.39. The third-order valence-corrected chi connectivity index (χ3v) is 7.68. The van der Waals surface area contributed by atoms with Crippen molar-refractivity contribution in [1.29, 1.82) is 0 Å². The second kappa shape index (κ2) is 10.7. The maximum atomic E-state index is 13.8. The normalized spacial score (nSPS) is 19.1. The highest BCUT2D eigenvalue weighted by molar-refractivity contribution is 8.15. The van der Waals surface area contributed by atoms with Crippen LogP contribution in [0.2, 0.25) is 0 Å². The molecule has 0 spiro atoms. The first-order chi connectivity index (χ1) is 17.9. The van der Waals surface area contributed by atoms with Gasteiger partial charge < -0.3 is 5.32 Å². The lowest BCUT2D eigenvalue weighted by Crippen LogP contribution is -2.25. The van der Waals surface area contributed by atoms with Gasteiger partial charge >= 0.3 is 0 Å². The molecule has 188 valence electrons. The van der Waals surface area contributed by atoms with Gasteiger partial charge in [0.25, 0.3) is 5.91 Å². The van der Waals surface area contributed by atoms with E-state index in [1.54, 1.807) is 19.1 Å². The number of amides is 2. The molecule has 37 heavy (non-hydrogen) atoms. The fourth-order valence-corrected chi connectivity index (χ4v) is 5.44. The first-order valence-corrected chi connectivity index (χ1v) is 13.2. The van der Waals surface area contributed by atoms with E-state index in [-0.39, 0.29) is 24.3 Å². The molecule has 2 aliphatic rings. The average Bonchev–Trinajstić information content (AvgIpc) is 3.51. The highest BCUT2D eigenvalue weighted by Crippen LogP contribution is 2.38. The number of aliphatic imine (C=N–C) groups is 1. The van der Waals surface area contributed by atoms with Crippen molar-refractivity contribution in [2.75, 3.05) is 5.32 Å². The lowest BCUT2D eigenvalue weighted by atomic mass is 9.97. The van der Waals surface area contributed by atoms with Gasteiger partial charge in [-0.1, -0.05) is 79.3 Å². The van der Waals surface area contributed by atoms with Crippen LogP contribution in [0.4, 0.5) is 10.1 Å². The molecular weight excluding hydrogens is 487 g/mol. The minimum Gasteiger partial charge on any atom is -0.326 e. The molecule has 0 unspecified atom stereocenters. The number of carbonyl (C=O) groups is 2. The zero-order valence-electron chi connectivity index (χ0n) is 20.6. The number of hydrogen-bond acceptors (Lipinski definition) is 5. The summed E-state index contributed by atoms with van der Waals surface area (Å²) in [6, 6.07) is 22.8. The van der Waals surface area contributed by atoms with Crippen molar-refractivity contribution in [1.82, 2.24) is 5.01 Å². The van der Waals surface area contributed by atoms with Crippen LogP contribution >= 0.6 is 11.8 Å². The maximum Gasteiger partial charge on any atom is 0.262 e. The smallest absolute Gasteiger partial charge is 0.262 e. The molecule has 2 amide bonds. The first-order valence-electron chi connectivity index (χ1n) is 12.3. The summed E-state index contributed by atoms with van der Waals surface area (Å²) in [4.78, 5) is 29.7. The zero-order valence-corrected chi connectivity index (χ0v) is 21.5. The predicted molar refractivity (Wildman–Crippen MR) is 146 cm³/mol. The number of rotatable bonds is 6. The van der Waals surface area contributed by atoms with Crippen molar-refractivity contribution in [2.45, 2.75) is 44.4 Å². The molecule has 0 fully saturated rings. The zero-order chi connectivity index (χ0) is 25.9. The Kier molecular flexibility index (Phi) is 7.19. The summed E-state index contributed by atoms with van der Waals surface area (Å²) >= 11 is 1.25. The molecule has 2 atom stereocenters. The second-order valence-corrected chi connectivity index (χ2v) is 10.3. The number of halogens is 1. The third-order valence-electron chi connectivity index (χ3n) is 6.54. The van der Waals surface area contributed by atoms with Gasteiger partial charge in [-0.05, 0) is 47.7 Å². The van der Waals surface area contributed by atoms with Crippen LogP contribution in [-0.4, -0.2) is 33.0 Å². The summed E-state index contributed by atoms with van der Waals surface area (Å²) in [6.45, 7) is 3.78. The van der Waals surface area contributed by atoms with Crippen LogP contribution in [0.5, 0.6) is 0 Å². The van der Waals surface area contributed by atoms with Gasteiger partial charge in [-0.25, -0.2) is 9.40 Å². The molecule has 2 aliphatic heterocycles. The van der Waals surface area contributed by atoms with Crippen LogP contribution in [0.15, 0.2) is 82.9 Å². The summed E-state index contributed by atoms with van der Waals surface area (Å²) in [6.07, 6.45) is 1.56. The number of anilines is 1. The largest absolute Gasteiger partial charge is 0.326 e. The Bertz CT molecular complexity index is 1390. The standard InChI is InChI=1S/C29H27FN4O2S/c1-3-19-10-12-21(13-11-19)25-16-24(20-7-5-4-6-8-20)33-34(25)29-32-28(36)26(37-29)17-27(35)31-22-14-9-18(2)23(30)15-22/h4-15,25-26H,3,16-17H2,1-2H3,(H,31,35)/t25-,26-/m0/s1. The number of hydrazone groups is 1. The van der Waals surface area contributed by atoms with Gasteiger partial charge in [0.2, 0.25) is 5.91 Å². The van der Waals surface area contributed by atoms with E-state index in [0.717, 1.165) is 23.3 Å². The Morgan fingerprint density at radius 1 is 1.11 bits per heavy atom. The van der Waals surface area contributed by atoms with E-state index < -0.39 is 11.1 Å². The Hall–Kier alpha value is -3.78. The minimum absolute atomic E-state index is 0.0645. The molecule has 2 heterocycles. The summed E-state index contributed by atoms with van der Waals surface area (Å²) in [7, 11) is 0. The Morgan fingerprint density at radius 2 is 1.86 bits per heavy atom. The van der Waals surface area contributed by atoms with Gasteiger partial charge in [0, 0.05) is 18.5 Å². The van der Waals surface area contributed by atoms with Crippen LogP contribution < -0.4 is 5.32 Å². The summed E-state index contributed by atoms with van der Waals surface area (Å²) in [5.74, 6) is -1.13. The SMILES string of the molecule is CCc1ccc([C@@H]2CC(c3ccccc3)=NN2C2=NC(=O)[C@H](CC(=O)Nc3ccc(C)c(F)c3)S2)cc1. The Balaban J connectivity index is 1.34. The van der Waals surface area contributed by atoms with E-state index in [1.165, 1.54) is 23.4 Å². The third kappa shape index (κ3) is 5.49. The number of aryl methyl sites for hydroxylation is 2. The van der Waals surface area contributed by atoms with Gasteiger partial charge in [0.1, 0.15) is 11.1 Å². The molecule has 8 heteroatoms. The molecule has 3 aromatic carbocycles. The molecular formula is C29H27FN4O2S. The van der Waals surface area contributed by atoms with Crippen molar-refractivity contribution < 1.29 is 14.0 Å². The number of nitrogens with zero attached hydrogens (tertiary/aromatic N) is 3. The average molecular weight is 515 g/mol. The quantitative estimate of drug-likeness (QED) is 0.446. The maximum absolute atomic E-state index is 13.8. The van der Waals surface area contributed by atoms with Crippen LogP contribution in [0, 0.1) is 12.7 Å². The number of hydrogen-bond donors (Lipinski definition) is 1. The van der Waals surface area contributed by atoms with Crippen LogP contribution in [-0.2, 0) is 16.0 Å². The van der Waals surface area contributed by atoms with Gasteiger partial charge in [-0.2, -0.15) is 10.1 Å².